The van der Waals surface area contributed by atoms with E-state index in [1.165, 1.54) is 6.42 Å². The summed E-state index contributed by atoms with van der Waals surface area (Å²) in [5, 5.41) is 4.11. The molecule has 0 unspecified atom stereocenters. The third-order valence-electron chi connectivity index (χ3n) is 2.79. The Bertz CT molecular complexity index is 661. The van der Waals surface area contributed by atoms with E-state index in [2.05, 4.69) is 39.1 Å². The van der Waals surface area contributed by atoms with Crippen molar-refractivity contribution in [1.82, 2.24) is 9.97 Å². The van der Waals surface area contributed by atoms with Crippen LogP contribution in [-0.2, 0) is 0 Å². The van der Waals surface area contributed by atoms with Crippen LogP contribution in [0.1, 0.15) is 26.1 Å². The van der Waals surface area contributed by atoms with Gasteiger partial charge in [-0.2, -0.15) is 0 Å². The SMILES string of the molecule is CCC.CNc1nc(C2=NCCN=C2)nc2ccccc12. The molecule has 2 aromatic rings. The first-order chi connectivity index (χ1) is 10.3. The predicted molar refractivity (Wildman–Crippen MR) is 89.8 cm³/mol. The van der Waals surface area contributed by atoms with Crippen molar-refractivity contribution in [1.29, 1.82) is 0 Å². The topological polar surface area (TPSA) is 62.5 Å². The van der Waals surface area contributed by atoms with Gasteiger partial charge in [-0.05, 0) is 12.1 Å². The van der Waals surface area contributed by atoms with Crippen LogP contribution in [0.25, 0.3) is 10.9 Å². The van der Waals surface area contributed by atoms with Crippen molar-refractivity contribution in [2.75, 3.05) is 25.5 Å². The second kappa shape index (κ2) is 7.47. The van der Waals surface area contributed by atoms with E-state index in [0.29, 0.717) is 12.4 Å². The number of anilines is 1. The van der Waals surface area contributed by atoms with Crippen molar-refractivity contribution in [2.24, 2.45) is 9.98 Å². The number of rotatable bonds is 2. The summed E-state index contributed by atoms with van der Waals surface area (Å²) >= 11 is 0. The molecule has 0 spiro atoms. The molecule has 0 saturated heterocycles. The average molecular weight is 283 g/mol. The number of hydrogen-bond acceptors (Lipinski definition) is 5. The minimum atomic E-state index is 0.626. The fourth-order valence-electron chi connectivity index (χ4n) is 1.93. The van der Waals surface area contributed by atoms with E-state index >= 15 is 0 Å². The molecule has 1 N–H and O–H groups in total. The Labute approximate surface area is 125 Å². The van der Waals surface area contributed by atoms with Crippen LogP contribution < -0.4 is 5.32 Å². The number of fused-ring (bicyclic) bond motifs is 1. The molecule has 0 fully saturated rings. The summed E-state index contributed by atoms with van der Waals surface area (Å²) in [6.07, 6.45) is 2.99. The molecular formula is C16H21N5. The van der Waals surface area contributed by atoms with E-state index in [1.807, 2.05) is 31.3 Å². The molecule has 0 atom stereocenters. The molecule has 0 saturated carbocycles. The molecule has 110 valence electrons. The number of nitrogens with one attached hydrogen (secondary N) is 1. The molecule has 0 aliphatic carbocycles. The number of benzene rings is 1. The average Bonchev–Trinajstić information content (AvgIpc) is 2.55. The summed E-state index contributed by atoms with van der Waals surface area (Å²) in [7, 11) is 1.86. The minimum Gasteiger partial charge on any atom is -0.373 e. The van der Waals surface area contributed by atoms with Gasteiger partial charge in [0, 0.05) is 12.4 Å². The van der Waals surface area contributed by atoms with E-state index in [4.69, 9.17) is 0 Å². The van der Waals surface area contributed by atoms with Gasteiger partial charge < -0.3 is 5.32 Å². The first-order valence-electron chi connectivity index (χ1n) is 7.29. The highest BCUT2D eigenvalue weighted by atomic mass is 15.0. The zero-order chi connectivity index (χ0) is 15.1. The summed E-state index contributed by atoms with van der Waals surface area (Å²) in [6.45, 7) is 5.70. The monoisotopic (exact) mass is 283 g/mol. The number of nitrogens with zero attached hydrogens (tertiary/aromatic N) is 4. The molecule has 2 heterocycles. The van der Waals surface area contributed by atoms with Gasteiger partial charge in [0.1, 0.15) is 11.5 Å². The number of aliphatic imine (C=N–C) groups is 2. The van der Waals surface area contributed by atoms with Gasteiger partial charge in [-0.25, -0.2) is 9.97 Å². The summed E-state index contributed by atoms with van der Waals surface area (Å²) in [6, 6.07) is 7.92. The quantitative estimate of drug-likeness (QED) is 0.921. The van der Waals surface area contributed by atoms with Crippen molar-refractivity contribution >= 4 is 28.6 Å². The third-order valence-corrected chi connectivity index (χ3v) is 2.79. The first kappa shape index (κ1) is 15.1. The van der Waals surface area contributed by atoms with Gasteiger partial charge in [0.15, 0.2) is 5.82 Å². The van der Waals surface area contributed by atoms with Crippen molar-refractivity contribution in [3.05, 3.63) is 30.1 Å². The molecule has 1 aliphatic rings. The predicted octanol–water partition coefficient (Wildman–Crippen LogP) is 2.96. The standard InChI is InChI=1S/C13H13N5.C3H8/c1-14-12-9-4-2-3-5-10(9)17-13(18-12)11-8-15-6-7-16-11;1-3-2/h2-5,8H,6-7H2,1H3,(H,14,17,18);3H2,1-2H3. The molecule has 5 nitrogen and oxygen atoms in total. The normalized spacial score (nSPS) is 13.4. The van der Waals surface area contributed by atoms with Crippen LogP contribution >= 0.6 is 0 Å². The summed E-state index contributed by atoms with van der Waals surface area (Å²) in [5.41, 5.74) is 1.66. The van der Waals surface area contributed by atoms with Crippen LogP contribution in [-0.4, -0.2) is 42.0 Å². The smallest absolute Gasteiger partial charge is 0.181 e. The van der Waals surface area contributed by atoms with Gasteiger partial charge in [-0.15, -0.1) is 0 Å². The molecule has 1 aromatic carbocycles. The second-order valence-corrected chi connectivity index (χ2v) is 4.67. The number of para-hydroxylation sites is 1. The molecule has 5 heteroatoms. The van der Waals surface area contributed by atoms with Crippen LogP contribution in [0.2, 0.25) is 0 Å². The van der Waals surface area contributed by atoms with E-state index < -0.39 is 0 Å². The Morgan fingerprint density at radius 2 is 1.86 bits per heavy atom. The zero-order valence-corrected chi connectivity index (χ0v) is 12.8. The second-order valence-electron chi connectivity index (χ2n) is 4.67. The van der Waals surface area contributed by atoms with Crippen molar-refractivity contribution in [3.8, 4) is 0 Å². The lowest BCUT2D eigenvalue weighted by Gasteiger charge is -2.09. The van der Waals surface area contributed by atoms with Gasteiger partial charge in [0.25, 0.3) is 0 Å². The molecule has 3 rings (SSSR count). The van der Waals surface area contributed by atoms with Crippen LogP contribution in [0.3, 0.4) is 0 Å². The first-order valence-corrected chi connectivity index (χ1v) is 7.29. The molecule has 0 amide bonds. The molecule has 0 radical (unpaired) electrons. The van der Waals surface area contributed by atoms with Crippen LogP contribution in [0.4, 0.5) is 5.82 Å². The van der Waals surface area contributed by atoms with Gasteiger partial charge in [-0.1, -0.05) is 32.4 Å². The molecule has 21 heavy (non-hydrogen) atoms. The third kappa shape index (κ3) is 3.62. The molecule has 0 bridgehead atoms. The van der Waals surface area contributed by atoms with Crippen LogP contribution in [0.15, 0.2) is 34.3 Å². The van der Waals surface area contributed by atoms with Gasteiger partial charge >= 0.3 is 0 Å². The highest BCUT2D eigenvalue weighted by molar-refractivity contribution is 6.37. The Morgan fingerprint density at radius 1 is 1.10 bits per heavy atom. The summed E-state index contributed by atoms with van der Waals surface area (Å²) < 4.78 is 0. The van der Waals surface area contributed by atoms with Gasteiger partial charge in [0.05, 0.1) is 24.8 Å². The van der Waals surface area contributed by atoms with E-state index in [1.54, 1.807) is 6.21 Å². The van der Waals surface area contributed by atoms with Crippen LogP contribution in [0.5, 0.6) is 0 Å². The fourth-order valence-corrected chi connectivity index (χ4v) is 1.93. The zero-order valence-electron chi connectivity index (χ0n) is 12.8. The highest BCUT2D eigenvalue weighted by Crippen LogP contribution is 2.19. The van der Waals surface area contributed by atoms with Gasteiger partial charge in [0.2, 0.25) is 0 Å². The Hall–Kier alpha value is -2.30. The van der Waals surface area contributed by atoms with E-state index in [-0.39, 0.29) is 0 Å². The Morgan fingerprint density at radius 3 is 2.52 bits per heavy atom. The maximum absolute atomic E-state index is 4.53. The van der Waals surface area contributed by atoms with Crippen molar-refractivity contribution in [2.45, 2.75) is 20.3 Å². The number of aromatic nitrogens is 2. The minimum absolute atomic E-state index is 0.626. The lowest BCUT2D eigenvalue weighted by Crippen LogP contribution is -2.15. The highest BCUT2D eigenvalue weighted by Gasteiger charge is 2.11. The summed E-state index contributed by atoms with van der Waals surface area (Å²) in [5.74, 6) is 1.44. The largest absolute Gasteiger partial charge is 0.373 e. The molecule has 1 aromatic heterocycles. The van der Waals surface area contributed by atoms with E-state index in [9.17, 15) is 0 Å². The molecule has 1 aliphatic heterocycles. The van der Waals surface area contributed by atoms with Crippen molar-refractivity contribution < 1.29 is 0 Å². The lowest BCUT2D eigenvalue weighted by molar-refractivity contribution is 0.965. The maximum atomic E-state index is 4.53. The fraction of sp³-hybridized carbons (Fsp3) is 0.375. The molecular weight excluding hydrogens is 262 g/mol. The summed E-state index contributed by atoms with van der Waals surface area (Å²) in [4.78, 5) is 17.6. The lowest BCUT2D eigenvalue weighted by atomic mass is 10.2. The van der Waals surface area contributed by atoms with Crippen LogP contribution in [0, 0.1) is 0 Å². The maximum Gasteiger partial charge on any atom is 0.181 e. The number of hydrogen-bond donors (Lipinski definition) is 1. The van der Waals surface area contributed by atoms with Crippen molar-refractivity contribution in [3.63, 3.8) is 0 Å². The Balaban J connectivity index is 0.000000497. The Kier molecular flexibility index (Phi) is 5.37. The van der Waals surface area contributed by atoms with Gasteiger partial charge in [-0.3, -0.25) is 9.98 Å². The van der Waals surface area contributed by atoms with E-state index in [0.717, 1.165) is 29.0 Å².